The molecule has 1 aliphatic heterocycles. The Morgan fingerprint density at radius 2 is 2.44 bits per heavy atom. The summed E-state index contributed by atoms with van der Waals surface area (Å²) in [5, 5.41) is 2.84. The Hall–Kier alpha value is -1.46. The Bertz CT molecular complexity index is 422. The Kier molecular flexibility index (Phi) is 4.28. The quantitative estimate of drug-likeness (QED) is 0.884. The second-order valence-corrected chi connectivity index (χ2v) is 4.47. The number of carbonyl (C=O) groups is 1. The average Bonchev–Trinajstić information content (AvgIpc) is 2.77. The molecule has 0 spiro atoms. The van der Waals surface area contributed by atoms with Crippen LogP contribution in [-0.2, 0) is 20.9 Å². The van der Waals surface area contributed by atoms with Gasteiger partial charge in [0.15, 0.2) is 0 Å². The molecule has 2 unspecified atom stereocenters. The van der Waals surface area contributed by atoms with E-state index in [0.29, 0.717) is 6.61 Å². The third-order valence-corrected chi connectivity index (χ3v) is 2.90. The van der Waals surface area contributed by atoms with E-state index in [9.17, 15) is 4.79 Å². The third-order valence-electron chi connectivity index (χ3n) is 2.90. The molecule has 1 aromatic heterocycles. The zero-order chi connectivity index (χ0) is 13.0. The van der Waals surface area contributed by atoms with Gasteiger partial charge in [0, 0.05) is 19.0 Å². The van der Waals surface area contributed by atoms with Crippen molar-refractivity contribution in [1.29, 1.82) is 0 Å². The van der Waals surface area contributed by atoms with E-state index in [-0.39, 0.29) is 18.1 Å². The minimum atomic E-state index is -0.334. The molecule has 2 atom stereocenters. The first-order valence-corrected chi connectivity index (χ1v) is 6.09. The fraction of sp³-hybridized carbons (Fsp3) is 0.538. The number of nitrogens with zero attached hydrogens (tertiary/aromatic N) is 1. The van der Waals surface area contributed by atoms with Crippen LogP contribution in [0.5, 0.6) is 0 Å². The largest absolute Gasteiger partial charge is 0.378 e. The lowest BCUT2D eigenvalue weighted by Crippen LogP contribution is -2.27. The molecule has 0 aromatic carbocycles. The van der Waals surface area contributed by atoms with E-state index >= 15 is 0 Å². The molecule has 1 aromatic rings. The number of nitrogens with one attached hydrogen (secondary N) is 1. The summed E-state index contributed by atoms with van der Waals surface area (Å²) in [6.45, 7) is 2.41. The maximum atomic E-state index is 11.9. The predicted octanol–water partition coefficient (Wildman–Crippen LogP) is 1.73. The highest BCUT2D eigenvalue weighted by atomic mass is 16.5. The van der Waals surface area contributed by atoms with Gasteiger partial charge in [-0.25, -0.2) is 0 Å². The van der Waals surface area contributed by atoms with Gasteiger partial charge in [-0.2, -0.15) is 0 Å². The fourth-order valence-electron chi connectivity index (χ4n) is 2.00. The third kappa shape index (κ3) is 3.27. The molecule has 0 aliphatic carbocycles. The zero-order valence-electron chi connectivity index (χ0n) is 10.7. The summed E-state index contributed by atoms with van der Waals surface area (Å²) in [5.74, 6) is -0.0890. The summed E-state index contributed by atoms with van der Waals surface area (Å²) in [7, 11) is 1.61. The van der Waals surface area contributed by atoms with Crippen LogP contribution in [0.25, 0.3) is 0 Å². The molecule has 2 rings (SSSR count). The summed E-state index contributed by atoms with van der Waals surface area (Å²) in [6, 6.07) is 3.56. The van der Waals surface area contributed by atoms with E-state index in [1.807, 2.05) is 6.92 Å². The number of rotatable bonds is 4. The second-order valence-electron chi connectivity index (χ2n) is 4.47. The van der Waals surface area contributed by atoms with Crippen LogP contribution in [0.3, 0.4) is 0 Å². The number of pyridine rings is 1. The Morgan fingerprint density at radius 1 is 1.61 bits per heavy atom. The highest BCUT2D eigenvalue weighted by molar-refractivity contribution is 5.94. The molecule has 1 amide bonds. The molecule has 1 saturated heterocycles. The first-order chi connectivity index (χ1) is 8.69. The molecular formula is C13H18N2O3. The van der Waals surface area contributed by atoms with Crippen molar-refractivity contribution < 1.29 is 14.3 Å². The number of amides is 1. The van der Waals surface area contributed by atoms with Crippen molar-refractivity contribution in [2.45, 2.75) is 38.6 Å². The lowest BCUT2D eigenvalue weighted by molar-refractivity contribution is -0.126. The standard InChI is InChI=1S/C13H18N2O3/c1-9-3-4-12(18-9)13(16)15-10-5-6-14-11(7-10)8-17-2/h5-7,9,12H,3-4,8H2,1-2H3,(H,14,15,16). The number of ether oxygens (including phenoxy) is 2. The Balaban J connectivity index is 1.96. The van der Waals surface area contributed by atoms with Crippen LogP contribution in [0, 0.1) is 0 Å². The molecule has 5 nitrogen and oxygen atoms in total. The number of hydrogen-bond acceptors (Lipinski definition) is 4. The molecule has 5 heteroatoms. The van der Waals surface area contributed by atoms with Crippen molar-refractivity contribution in [2.24, 2.45) is 0 Å². The van der Waals surface area contributed by atoms with E-state index in [1.165, 1.54) is 0 Å². The van der Waals surface area contributed by atoms with Crippen LogP contribution in [-0.4, -0.2) is 30.2 Å². The first-order valence-electron chi connectivity index (χ1n) is 6.09. The predicted molar refractivity (Wildman–Crippen MR) is 67.1 cm³/mol. The van der Waals surface area contributed by atoms with Crippen molar-refractivity contribution in [3.63, 3.8) is 0 Å². The molecule has 0 saturated carbocycles. The number of aromatic nitrogens is 1. The number of carbonyl (C=O) groups excluding carboxylic acids is 1. The molecule has 1 N–H and O–H groups in total. The summed E-state index contributed by atoms with van der Waals surface area (Å²) in [4.78, 5) is 16.1. The van der Waals surface area contributed by atoms with Crippen molar-refractivity contribution in [1.82, 2.24) is 4.98 Å². The first kappa shape index (κ1) is 13.0. The maximum absolute atomic E-state index is 11.9. The average molecular weight is 250 g/mol. The Labute approximate surface area is 107 Å². The smallest absolute Gasteiger partial charge is 0.253 e. The minimum absolute atomic E-state index is 0.0890. The zero-order valence-corrected chi connectivity index (χ0v) is 10.7. The molecule has 1 fully saturated rings. The van der Waals surface area contributed by atoms with Crippen LogP contribution < -0.4 is 5.32 Å². The number of methoxy groups -OCH3 is 1. The maximum Gasteiger partial charge on any atom is 0.253 e. The van der Waals surface area contributed by atoms with E-state index in [4.69, 9.17) is 9.47 Å². The molecule has 0 radical (unpaired) electrons. The van der Waals surface area contributed by atoms with E-state index < -0.39 is 0 Å². The molecule has 1 aliphatic rings. The second kappa shape index (κ2) is 5.93. The lowest BCUT2D eigenvalue weighted by atomic mass is 10.2. The van der Waals surface area contributed by atoms with Gasteiger partial charge in [0.2, 0.25) is 0 Å². The topological polar surface area (TPSA) is 60.5 Å². The number of anilines is 1. The summed E-state index contributed by atoms with van der Waals surface area (Å²) in [6.07, 6.45) is 3.20. The van der Waals surface area contributed by atoms with Crippen LogP contribution in [0.15, 0.2) is 18.3 Å². The molecule has 2 heterocycles. The monoisotopic (exact) mass is 250 g/mol. The lowest BCUT2D eigenvalue weighted by Gasteiger charge is -2.12. The van der Waals surface area contributed by atoms with E-state index in [0.717, 1.165) is 24.2 Å². The van der Waals surface area contributed by atoms with Crippen LogP contribution >= 0.6 is 0 Å². The number of hydrogen-bond donors (Lipinski definition) is 1. The highest BCUT2D eigenvalue weighted by Gasteiger charge is 2.28. The normalized spacial score (nSPS) is 23.0. The van der Waals surface area contributed by atoms with Crippen molar-refractivity contribution in [3.05, 3.63) is 24.0 Å². The van der Waals surface area contributed by atoms with Crippen LogP contribution in [0.2, 0.25) is 0 Å². The van der Waals surface area contributed by atoms with Crippen molar-refractivity contribution >= 4 is 11.6 Å². The minimum Gasteiger partial charge on any atom is -0.378 e. The van der Waals surface area contributed by atoms with Gasteiger partial charge in [-0.05, 0) is 31.9 Å². The molecular weight excluding hydrogens is 232 g/mol. The summed E-state index contributed by atoms with van der Waals surface area (Å²) < 4.78 is 10.5. The van der Waals surface area contributed by atoms with E-state index in [1.54, 1.807) is 25.4 Å². The van der Waals surface area contributed by atoms with Gasteiger partial charge in [-0.15, -0.1) is 0 Å². The van der Waals surface area contributed by atoms with Crippen molar-refractivity contribution in [3.8, 4) is 0 Å². The van der Waals surface area contributed by atoms with E-state index in [2.05, 4.69) is 10.3 Å². The van der Waals surface area contributed by atoms with Gasteiger partial charge < -0.3 is 14.8 Å². The summed E-state index contributed by atoms with van der Waals surface area (Å²) >= 11 is 0. The molecule has 0 bridgehead atoms. The van der Waals surface area contributed by atoms with Crippen LogP contribution in [0.4, 0.5) is 5.69 Å². The molecule has 18 heavy (non-hydrogen) atoms. The SMILES string of the molecule is COCc1cc(NC(=O)C2CCC(C)O2)ccn1. The van der Waals surface area contributed by atoms with Gasteiger partial charge in [0.25, 0.3) is 5.91 Å². The van der Waals surface area contributed by atoms with Crippen LogP contribution in [0.1, 0.15) is 25.5 Å². The Morgan fingerprint density at radius 3 is 3.11 bits per heavy atom. The highest BCUT2D eigenvalue weighted by Crippen LogP contribution is 2.20. The van der Waals surface area contributed by atoms with Gasteiger partial charge in [-0.1, -0.05) is 0 Å². The van der Waals surface area contributed by atoms with Gasteiger partial charge >= 0.3 is 0 Å². The van der Waals surface area contributed by atoms with Gasteiger partial charge in [0.1, 0.15) is 6.10 Å². The summed E-state index contributed by atoms with van der Waals surface area (Å²) in [5.41, 5.74) is 1.52. The van der Waals surface area contributed by atoms with Gasteiger partial charge in [-0.3, -0.25) is 9.78 Å². The fourth-order valence-corrected chi connectivity index (χ4v) is 2.00. The van der Waals surface area contributed by atoms with Gasteiger partial charge in [0.05, 0.1) is 18.4 Å². The van der Waals surface area contributed by atoms with Crippen molar-refractivity contribution in [2.75, 3.05) is 12.4 Å². The molecule has 98 valence electrons.